The SMILES string of the molecule is CC1CCCN(C(N)=NCCNC(=O)c2ccc(O)cc2)C1. The molecule has 0 spiro atoms. The molecule has 6 nitrogen and oxygen atoms in total. The van der Waals surface area contributed by atoms with E-state index in [4.69, 9.17) is 5.73 Å². The number of likely N-dealkylation sites (tertiary alicyclic amines) is 1. The number of hydrogen-bond donors (Lipinski definition) is 3. The first kappa shape index (κ1) is 16.1. The summed E-state index contributed by atoms with van der Waals surface area (Å²) in [7, 11) is 0. The van der Waals surface area contributed by atoms with Crippen molar-refractivity contribution in [2.45, 2.75) is 19.8 Å². The number of aliphatic imine (C=N–C) groups is 1. The van der Waals surface area contributed by atoms with E-state index in [2.05, 4.69) is 22.1 Å². The van der Waals surface area contributed by atoms with Gasteiger partial charge in [-0.25, -0.2) is 0 Å². The molecule has 1 aliphatic heterocycles. The van der Waals surface area contributed by atoms with E-state index in [1.807, 2.05) is 0 Å². The minimum Gasteiger partial charge on any atom is -0.508 e. The van der Waals surface area contributed by atoms with Crippen LogP contribution in [0.1, 0.15) is 30.1 Å². The van der Waals surface area contributed by atoms with E-state index in [9.17, 15) is 9.90 Å². The molecule has 1 aromatic rings. The van der Waals surface area contributed by atoms with Crippen molar-refractivity contribution >= 4 is 11.9 Å². The Morgan fingerprint density at radius 3 is 2.86 bits per heavy atom. The molecular formula is C16H24N4O2. The van der Waals surface area contributed by atoms with Crippen molar-refractivity contribution in [3.05, 3.63) is 29.8 Å². The van der Waals surface area contributed by atoms with Crippen LogP contribution < -0.4 is 11.1 Å². The van der Waals surface area contributed by atoms with Gasteiger partial charge in [0.2, 0.25) is 0 Å². The van der Waals surface area contributed by atoms with Crippen LogP contribution in [0.5, 0.6) is 5.75 Å². The number of rotatable bonds is 4. The Labute approximate surface area is 131 Å². The molecule has 1 fully saturated rings. The average Bonchev–Trinajstić information content (AvgIpc) is 2.51. The Kier molecular flexibility index (Phi) is 5.63. The van der Waals surface area contributed by atoms with Crippen molar-refractivity contribution in [3.63, 3.8) is 0 Å². The van der Waals surface area contributed by atoms with Crippen molar-refractivity contribution in [2.75, 3.05) is 26.2 Å². The van der Waals surface area contributed by atoms with Crippen molar-refractivity contribution in [3.8, 4) is 5.75 Å². The molecule has 4 N–H and O–H groups in total. The van der Waals surface area contributed by atoms with Gasteiger partial charge in [0.25, 0.3) is 5.91 Å². The number of guanidine groups is 1. The zero-order valence-electron chi connectivity index (χ0n) is 13.0. The fourth-order valence-electron chi connectivity index (χ4n) is 2.55. The van der Waals surface area contributed by atoms with Crippen LogP contribution in [0, 0.1) is 5.92 Å². The van der Waals surface area contributed by atoms with E-state index in [1.165, 1.54) is 18.6 Å². The molecule has 1 unspecified atom stereocenters. The van der Waals surface area contributed by atoms with Gasteiger partial charge in [-0.15, -0.1) is 0 Å². The van der Waals surface area contributed by atoms with Gasteiger partial charge in [-0.05, 0) is 43.0 Å². The fraction of sp³-hybridized carbons (Fsp3) is 0.500. The van der Waals surface area contributed by atoms with Crippen molar-refractivity contribution in [1.29, 1.82) is 0 Å². The largest absolute Gasteiger partial charge is 0.508 e. The summed E-state index contributed by atoms with van der Waals surface area (Å²) in [5, 5.41) is 12.0. The highest BCUT2D eigenvalue weighted by Crippen LogP contribution is 2.14. The van der Waals surface area contributed by atoms with E-state index < -0.39 is 0 Å². The fourth-order valence-corrected chi connectivity index (χ4v) is 2.55. The number of nitrogens with two attached hydrogens (primary N) is 1. The Balaban J connectivity index is 1.74. The molecule has 2 rings (SSSR count). The zero-order chi connectivity index (χ0) is 15.9. The summed E-state index contributed by atoms with van der Waals surface area (Å²) in [6, 6.07) is 6.14. The van der Waals surface area contributed by atoms with Crippen LogP contribution in [0.15, 0.2) is 29.3 Å². The van der Waals surface area contributed by atoms with Crippen LogP contribution >= 0.6 is 0 Å². The topological polar surface area (TPSA) is 91.0 Å². The van der Waals surface area contributed by atoms with Gasteiger partial charge in [0.15, 0.2) is 5.96 Å². The molecule has 0 bridgehead atoms. The lowest BCUT2D eigenvalue weighted by atomic mass is 10.0. The summed E-state index contributed by atoms with van der Waals surface area (Å²) < 4.78 is 0. The molecule has 6 heteroatoms. The minimum atomic E-state index is -0.180. The number of nitrogens with zero attached hydrogens (tertiary/aromatic N) is 2. The Bertz CT molecular complexity index is 527. The number of benzene rings is 1. The summed E-state index contributed by atoms with van der Waals surface area (Å²) in [4.78, 5) is 18.3. The normalized spacial score (nSPS) is 19.0. The molecule has 0 radical (unpaired) electrons. The Morgan fingerprint density at radius 2 is 2.18 bits per heavy atom. The third kappa shape index (κ3) is 4.65. The molecule has 1 aliphatic rings. The lowest BCUT2D eigenvalue weighted by Crippen LogP contribution is -2.43. The first-order valence-corrected chi connectivity index (χ1v) is 7.68. The number of phenols is 1. The number of piperidine rings is 1. The minimum absolute atomic E-state index is 0.143. The van der Waals surface area contributed by atoms with Gasteiger partial charge in [0.1, 0.15) is 5.75 Å². The maximum absolute atomic E-state index is 11.9. The number of aromatic hydroxyl groups is 1. The quantitative estimate of drug-likeness (QED) is 0.442. The van der Waals surface area contributed by atoms with E-state index in [0.29, 0.717) is 30.5 Å². The van der Waals surface area contributed by atoms with Gasteiger partial charge in [-0.3, -0.25) is 9.79 Å². The molecule has 1 atom stereocenters. The molecule has 1 saturated heterocycles. The standard InChI is InChI=1S/C16H24N4O2/c1-12-3-2-10-20(11-12)16(17)19-9-8-18-15(22)13-4-6-14(21)7-5-13/h4-7,12,21H,2-3,8-11H2,1H3,(H2,17,19)(H,18,22). The van der Waals surface area contributed by atoms with Crippen LogP contribution in [-0.4, -0.2) is 48.1 Å². The van der Waals surface area contributed by atoms with Crippen LogP contribution in [0.25, 0.3) is 0 Å². The van der Waals surface area contributed by atoms with Gasteiger partial charge < -0.3 is 21.1 Å². The van der Waals surface area contributed by atoms with Gasteiger partial charge >= 0.3 is 0 Å². The van der Waals surface area contributed by atoms with Crippen LogP contribution in [0.2, 0.25) is 0 Å². The highest BCUT2D eigenvalue weighted by molar-refractivity contribution is 5.94. The summed E-state index contributed by atoms with van der Waals surface area (Å²) in [6.45, 7) is 5.02. The maximum atomic E-state index is 11.9. The third-order valence-electron chi connectivity index (χ3n) is 3.78. The number of carbonyl (C=O) groups is 1. The number of amides is 1. The summed E-state index contributed by atoms with van der Waals surface area (Å²) in [5.74, 6) is 1.17. The highest BCUT2D eigenvalue weighted by Gasteiger charge is 2.17. The van der Waals surface area contributed by atoms with Crippen LogP contribution in [-0.2, 0) is 0 Å². The van der Waals surface area contributed by atoms with Crippen LogP contribution in [0.3, 0.4) is 0 Å². The predicted molar refractivity (Wildman–Crippen MR) is 86.9 cm³/mol. The molecular weight excluding hydrogens is 280 g/mol. The molecule has 0 aromatic heterocycles. The number of phenolic OH excluding ortho intramolecular Hbond substituents is 1. The van der Waals surface area contributed by atoms with Gasteiger partial charge in [-0.1, -0.05) is 6.92 Å². The summed E-state index contributed by atoms with van der Waals surface area (Å²) in [5.41, 5.74) is 6.50. The van der Waals surface area contributed by atoms with E-state index in [1.54, 1.807) is 12.1 Å². The monoisotopic (exact) mass is 304 g/mol. The molecule has 1 heterocycles. The Morgan fingerprint density at radius 1 is 1.45 bits per heavy atom. The second-order valence-corrected chi connectivity index (χ2v) is 5.74. The van der Waals surface area contributed by atoms with Gasteiger partial charge in [0.05, 0.1) is 6.54 Å². The van der Waals surface area contributed by atoms with Crippen molar-refractivity contribution in [1.82, 2.24) is 10.2 Å². The summed E-state index contributed by atoms with van der Waals surface area (Å²) >= 11 is 0. The number of hydrogen-bond acceptors (Lipinski definition) is 3. The molecule has 120 valence electrons. The van der Waals surface area contributed by atoms with Crippen molar-refractivity contribution in [2.24, 2.45) is 16.6 Å². The van der Waals surface area contributed by atoms with Crippen LogP contribution in [0.4, 0.5) is 0 Å². The maximum Gasteiger partial charge on any atom is 0.251 e. The molecule has 0 saturated carbocycles. The lowest BCUT2D eigenvalue weighted by molar-refractivity contribution is 0.0955. The first-order chi connectivity index (χ1) is 10.6. The second kappa shape index (κ2) is 7.68. The van der Waals surface area contributed by atoms with E-state index >= 15 is 0 Å². The average molecular weight is 304 g/mol. The molecule has 1 aromatic carbocycles. The molecule has 1 amide bonds. The molecule has 22 heavy (non-hydrogen) atoms. The van der Waals surface area contributed by atoms with E-state index in [0.717, 1.165) is 19.5 Å². The molecule has 0 aliphatic carbocycles. The van der Waals surface area contributed by atoms with Gasteiger partial charge in [0, 0.05) is 25.2 Å². The smallest absolute Gasteiger partial charge is 0.251 e. The number of nitrogens with one attached hydrogen (secondary N) is 1. The van der Waals surface area contributed by atoms with Crippen molar-refractivity contribution < 1.29 is 9.90 Å². The lowest BCUT2D eigenvalue weighted by Gasteiger charge is -2.31. The summed E-state index contributed by atoms with van der Waals surface area (Å²) in [6.07, 6.45) is 2.39. The third-order valence-corrected chi connectivity index (χ3v) is 3.78. The predicted octanol–water partition coefficient (Wildman–Crippen LogP) is 1.17. The Hall–Kier alpha value is -2.24. The zero-order valence-corrected chi connectivity index (χ0v) is 13.0. The number of carbonyl (C=O) groups excluding carboxylic acids is 1. The second-order valence-electron chi connectivity index (χ2n) is 5.74. The van der Waals surface area contributed by atoms with Gasteiger partial charge in [-0.2, -0.15) is 0 Å². The highest BCUT2D eigenvalue weighted by atomic mass is 16.3. The van der Waals surface area contributed by atoms with E-state index in [-0.39, 0.29) is 11.7 Å². The first-order valence-electron chi connectivity index (χ1n) is 7.68.